The summed E-state index contributed by atoms with van der Waals surface area (Å²) in [6, 6.07) is 33.6. The van der Waals surface area contributed by atoms with E-state index >= 15 is 0 Å². The maximum Gasteiger partial charge on any atom is 0.408 e. The lowest BCUT2D eigenvalue weighted by Crippen LogP contribution is -2.50. The Bertz CT molecular complexity index is 2170. The third-order valence-corrected chi connectivity index (χ3v) is 10.9. The second kappa shape index (κ2) is 18.1. The van der Waals surface area contributed by atoms with Gasteiger partial charge in [0.05, 0.1) is 31.8 Å². The van der Waals surface area contributed by atoms with Gasteiger partial charge in [-0.25, -0.2) is 14.8 Å². The topological polar surface area (TPSA) is 147 Å². The summed E-state index contributed by atoms with van der Waals surface area (Å²) >= 11 is 0. The van der Waals surface area contributed by atoms with Crippen LogP contribution in [0.1, 0.15) is 53.1 Å². The van der Waals surface area contributed by atoms with Crippen molar-refractivity contribution in [3.8, 4) is 11.1 Å². The first-order chi connectivity index (χ1) is 28.4. The number of nitrogens with one attached hydrogen (secondary N) is 1. The smallest absolute Gasteiger partial charge is 0.408 e. The Kier molecular flexibility index (Phi) is 12.1. The molecule has 4 aromatic carbocycles. The molecule has 8 rings (SSSR count). The van der Waals surface area contributed by atoms with E-state index in [2.05, 4.69) is 25.1 Å². The maximum absolute atomic E-state index is 13.4. The third-order valence-electron chi connectivity index (χ3n) is 10.9. The standard InChI is InChI=1S/C45H46N6O7/c52-29-31-11-13-34(14-12-31)40-25-37(28-49-21-23-50(24-22-49)44-46-19-6-20-47-44)57-43(58-40)35-17-15-33(16-18-35)38-10-5-4-9-36(38)27-51-41(53)26-39(42(51)54)48-45(55)56-30-32-7-2-1-3-8-32/h1-20,37,39-40,43,52H,21-30H2,(H,48,55). The first-order valence-electron chi connectivity index (χ1n) is 19.6. The molecule has 4 atom stereocenters. The van der Waals surface area contributed by atoms with Crippen molar-refractivity contribution in [2.45, 2.75) is 57.1 Å². The van der Waals surface area contributed by atoms with Crippen LogP contribution < -0.4 is 10.2 Å². The Labute approximate surface area is 337 Å². The zero-order valence-corrected chi connectivity index (χ0v) is 32.1. The molecule has 13 nitrogen and oxygen atoms in total. The van der Waals surface area contributed by atoms with Gasteiger partial charge in [-0.3, -0.25) is 19.4 Å². The van der Waals surface area contributed by atoms with Gasteiger partial charge in [0, 0.05) is 57.1 Å². The van der Waals surface area contributed by atoms with Crippen LogP contribution in [0.2, 0.25) is 0 Å². The van der Waals surface area contributed by atoms with Crippen molar-refractivity contribution >= 4 is 23.9 Å². The summed E-state index contributed by atoms with van der Waals surface area (Å²) in [6.07, 6.45) is 2.41. The van der Waals surface area contributed by atoms with Crippen LogP contribution in [-0.4, -0.2) is 87.7 Å². The predicted molar refractivity (Wildman–Crippen MR) is 215 cm³/mol. The number of nitrogens with zero attached hydrogens (tertiary/aromatic N) is 5. The molecule has 1 aromatic heterocycles. The van der Waals surface area contributed by atoms with Crippen molar-refractivity contribution in [3.63, 3.8) is 0 Å². The summed E-state index contributed by atoms with van der Waals surface area (Å²) < 4.78 is 18.6. The quantitative estimate of drug-likeness (QED) is 0.154. The number of anilines is 1. The van der Waals surface area contributed by atoms with Crippen LogP contribution >= 0.6 is 0 Å². The first kappa shape index (κ1) is 38.9. The van der Waals surface area contributed by atoms with Gasteiger partial charge in [0.2, 0.25) is 11.9 Å². The molecule has 5 aromatic rings. The van der Waals surface area contributed by atoms with E-state index in [1.54, 1.807) is 12.4 Å². The highest BCUT2D eigenvalue weighted by Crippen LogP contribution is 2.39. The van der Waals surface area contributed by atoms with Crippen LogP contribution in [0.5, 0.6) is 0 Å². The molecule has 4 unspecified atom stereocenters. The molecule has 3 fully saturated rings. The predicted octanol–water partition coefficient (Wildman–Crippen LogP) is 5.56. The van der Waals surface area contributed by atoms with E-state index in [-0.39, 0.29) is 44.3 Å². The van der Waals surface area contributed by atoms with Crippen LogP contribution in [0, 0.1) is 0 Å². The van der Waals surface area contributed by atoms with Gasteiger partial charge in [-0.2, -0.15) is 0 Å². The average Bonchev–Trinajstić information content (AvgIpc) is 3.53. The molecule has 3 amide bonds. The van der Waals surface area contributed by atoms with Crippen molar-refractivity contribution in [1.82, 2.24) is 25.1 Å². The number of aromatic nitrogens is 2. The fourth-order valence-electron chi connectivity index (χ4n) is 7.70. The van der Waals surface area contributed by atoms with E-state index in [9.17, 15) is 19.5 Å². The monoisotopic (exact) mass is 782 g/mol. The lowest BCUT2D eigenvalue weighted by Gasteiger charge is -2.40. The molecular formula is C45H46N6O7. The third kappa shape index (κ3) is 9.24. The Balaban J connectivity index is 0.933. The molecule has 58 heavy (non-hydrogen) atoms. The van der Waals surface area contributed by atoms with Crippen LogP contribution in [-0.2, 0) is 43.6 Å². The van der Waals surface area contributed by atoms with Crippen LogP contribution in [0.25, 0.3) is 11.1 Å². The van der Waals surface area contributed by atoms with Gasteiger partial charge in [-0.1, -0.05) is 103 Å². The molecule has 4 heterocycles. The minimum atomic E-state index is -0.994. The summed E-state index contributed by atoms with van der Waals surface area (Å²) in [7, 11) is 0. The van der Waals surface area contributed by atoms with Crippen LogP contribution in [0.3, 0.4) is 0 Å². The largest absolute Gasteiger partial charge is 0.445 e. The van der Waals surface area contributed by atoms with Crippen LogP contribution in [0.15, 0.2) is 122 Å². The van der Waals surface area contributed by atoms with Gasteiger partial charge in [-0.05, 0) is 39.4 Å². The molecule has 0 saturated carbocycles. The number of aliphatic hydroxyl groups excluding tert-OH is 1. The van der Waals surface area contributed by atoms with Crippen molar-refractivity contribution in [2.24, 2.45) is 0 Å². The van der Waals surface area contributed by atoms with E-state index in [0.29, 0.717) is 6.42 Å². The molecule has 298 valence electrons. The minimum Gasteiger partial charge on any atom is -0.445 e. The van der Waals surface area contributed by atoms with E-state index in [1.165, 1.54) is 4.90 Å². The molecule has 2 N–H and O–H groups in total. The number of rotatable bonds is 12. The number of aliphatic hydroxyl groups is 1. The SMILES string of the molecule is O=C(NC1CC(=O)N(Cc2ccccc2-c2ccc(C3OC(CN4CCN(c5ncccn5)CC4)CC(c4ccc(CO)cc4)O3)cc2)C1=O)OCc1ccccc1. The number of hydrogen-bond donors (Lipinski definition) is 2. The normalized spacial score (nSPS) is 21.3. The molecular weight excluding hydrogens is 737 g/mol. The lowest BCUT2D eigenvalue weighted by molar-refractivity contribution is -0.253. The molecule has 3 aliphatic rings. The highest BCUT2D eigenvalue weighted by molar-refractivity contribution is 6.06. The second-order valence-electron chi connectivity index (χ2n) is 14.7. The summed E-state index contributed by atoms with van der Waals surface area (Å²) in [4.78, 5) is 53.6. The number of hydrogen-bond acceptors (Lipinski definition) is 11. The second-order valence-corrected chi connectivity index (χ2v) is 14.7. The highest BCUT2D eigenvalue weighted by Gasteiger charge is 2.40. The lowest BCUT2D eigenvalue weighted by atomic mass is 9.97. The summed E-state index contributed by atoms with van der Waals surface area (Å²) in [6.45, 7) is 4.22. The van der Waals surface area contributed by atoms with E-state index in [1.807, 2.05) is 109 Å². The number of carbonyl (C=O) groups is 3. The molecule has 13 heteroatoms. The van der Waals surface area contributed by atoms with Gasteiger partial charge < -0.3 is 29.5 Å². The number of benzene rings is 4. The zero-order chi connectivity index (χ0) is 39.8. The molecule has 3 saturated heterocycles. The van der Waals surface area contributed by atoms with Gasteiger partial charge in [-0.15, -0.1) is 0 Å². The Hall–Kier alpha value is -5.99. The number of ether oxygens (including phenoxy) is 3. The summed E-state index contributed by atoms with van der Waals surface area (Å²) in [5.41, 5.74) is 6.12. The number of imide groups is 1. The fourth-order valence-corrected chi connectivity index (χ4v) is 7.70. The van der Waals surface area contributed by atoms with Gasteiger partial charge in [0.25, 0.3) is 5.91 Å². The van der Waals surface area contributed by atoms with Gasteiger partial charge in [0.1, 0.15) is 12.6 Å². The number of piperazine rings is 1. The van der Waals surface area contributed by atoms with Gasteiger partial charge in [0.15, 0.2) is 6.29 Å². The molecule has 0 aliphatic carbocycles. The molecule has 0 spiro atoms. The molecule has 0 bridgehead atoms. The average molecular weight is 783 g/mol. The maximum atomic E-state index is 13.4. The van der Waals surface area contributed by atoms with E-state index < -0.39 is 24.3 Å². The number of amides is 3. The number of carbonyl (C=O) groups excluding carboxylic acids is 3. The van der Waals surface area contributed by atoms with Gasteiger partial charge >= 0.3 is 6.09 Å². The summed E-state index contributed by atoms with van der Waals surface area (Å²) in [5, 5.41) is 12.2. The van der Waals surface area contributed by atoms with Crippen molar-refractivity contribution in [1.29, 1.82) is 0 Å². The van der Waals surface area contributed by atoms with Crippen LogP contribution in [0.4, 0.5) is 10.7 Å². The van der Waals surface area contributed by atoms with Crippen molar-refractivity contribution in [2.75, 3.05) is 37.6 Å². The summed E-state index contributed by atoms with van der Waals surface area (Å²) in [5.74, 6) is -0.0854. The Morgan fingerprint density at radius 2 is 1.50 bits per heavy atom. The van der Waals surface area contributed by atoms with Crippen molar-refractivity contribution in [3.05, 3.63) is 149 Å². The molecule has 0 radical (unpaired) electrons. The van der Waals surface area contributed by atoms with Crippen molar-refractivity contribution < 1.29 is 33.7 Å². The number of likely N-dealkylation sites (tertiary alicyclic amines) is 1. The van der Waals surface area contributed by atoms with E-state index in [0.717, 1.165) is 77.6 Å². The Morgan fingerprint density at radius 1 is 0.793 bits per heavy atom. The first-order valence-corrected chi connectivity index (χ1v) is 19.6. The minimum absolute atomic E-state index is 0.0238. The molecule has 3 aliphatic heterocycles. The zero-order valence-electron chi connectivity index (χ0n) is 32.1. The highest BCUT2D eigenvalue weighted by atomic mass is 16.7. The Morgan fingerprint density at radius 3 is 2.24 bits per heavy atom. The number of alkyl carbamates (subject to hydrolysis) is 1. The fraction of sp³-hybridized carbons (Fsp3) is 0.311. The van der Waals surface area contributed by atoms with E-state index in [4.69, 9.17) is 14.2 Å².